The summed E-state index contributed by atoms with van der Waals surface area (Å²) in [5, 5.41) is 2.88. The number of hydrogen-bond donors (Lipinski definition) is 1. The number of methoxy groups -OCH3 is 1. The van der Waals surface area contributed by atoms with Crippen LogP contribution in [-0.4, -0.2) is 37.7 Å². The van der Waals surface area contributed by atoms with Crippen LogP contribution >= 0.6 is 11.8 Å². The van der Waals surface area contributed by atoms with E-state index < -0.39 is 0 Å². The molecule has 13 heavy (non-hydrogen) atoms. The monoisotopic (exact) mass is 203 g/mol. The molecule has 4 heteroatoms. The lowest BCUT2D eigenvalue weighted by Gasteiger charge is -2.21. The second kappa shape index (κ2) is 6.27. The van der Waals surface area contributed by atoms with Gasteiger partial charge in [0.1, 0.15) is 6.61 Å². The van der Waals surface area contributed by atoms with Gasteiger partial charge in [-0.1, -0.05) is 0 Å². The molecule has 1 aliphatic rings. The molecule has 1 fully saturated rings. The Balaban J connectivity index is 2.06. The van der Waals surface area contributed by atoms with Crippen LogP contribution in [0.2, 0.25) is 0 Å². The smallest absolute Gasteiger partial charge is 0.245 e. The van der Waals surface area contributed by atoms with Crippen molar-refractivity contribution in [2.75, 3.05) is 31.8 Å². The minimum absolute atomic E-state index is 0.000673. The lowest BCUT2D eigenvalue weighted by atomic mass is 10.0. The van der Waals surface area contributed by atoms with Crippen molar-refractivity contribution in [2.45, 2.75) is 12.8 Å². The van der Waals surface area contributed by atoms with E-state index in [1.807, 2.05) is 11.8 Å². The maximum absolute atomic E-state index is 11.0. The first-order valence-electron chi connectivity index (χ1n) is 4.66. The second-order valence-corrected chi connectivity index (χ2v) is 4.52. The minimum atomic E-state index is 0.000673. The molecule has 76 valence electrons. The van der Waals surface area contributed by atoms with Gasteiger partial charge in [-0.15, -0.1) is 0 Å². The topological polar surface area (TPSA) is 38.3 Å². The molecule has 1 rings (SSSR count). The van der Waals surface area contributed by atoms with Gasteiger partial charge < -0.3 is 10.1 Å². The van der Waals surface area contributed by atoms with Crippen LogP contribution in [0.15, 0.2) is 0 Å². The van der Waals surface area contributed by atoms with E-state index in [1.165, 1.54) is 31.5 Å². The van der Waals surface area contributed by atoms with Crippen LogP contribution in [-0.2, 0) is 9.53 Å². The molecular formula is C9H17NO2S. The van der Waals surface area contributed by atoms with Crippen LogP contribution in [0.5, 0.6) is 0 Å². The van der Waals surface area contributed by atoms with E-state index in [2.05, 4.69) is 5.32 Å². The fraction of sp³-hybridized carbons (Fsp3) is 0.889. The van der Waals surface area contributed by atoms with Crippen molar-refractivity contribution < 1.29 is 9.53 Å². The van der Waals surface area contributed by atoms with E-state index in [9.17, 15) is 4.79 Å². The number of rotatable bonds is 4. The SMILES string of the molecule is COCC(=O)NCC1CCSCC1. The number of nitrogens with one attached hydrogen (secondary N) is 1. The molecule has 0 aliphatic carbocycles. The average Bonchev–Trinajstić information content (AvgIpc) is 2.17. The molecule has 0 unspecified atom stereocenters. The second-order valence-electron chi connectivity index (χ2n) is 3.29. The predicted molar refractivity (Wildman–Crippen MR) is 54.9 cm³/mol. The summed E-state index contributed by atoms with van der Waals surface area (Å²) in [7, 11) is 1.54. The summed E-state index contributed by atoms with van der Waals surface area (Å²) in [6.07, 6.45) is 2.47. The van der Waals surface area contributed by atoms with Crippen molar-refractivity contribution >= 4 is 17.7 Å². The molecule has 0 radical (unpaired) electrons. The zero-order chi connectivity index (χ0) is 9.52. The summed E-state index contributed by atoms with van der Waals surface area (Å²) >= 11 is 2.01. The Morgan fingerprint density at radius 3 is 2.85 bits per heavy atom. The molecule has 1 saturated heterocycles. The van der Waals surface area contributed by atoms with E-state index in [0.29, 0.717) is 5.92 Å². The number of ether oxygens (including phenoxy) is 1. The Hall–Kier alpha value is -0.220. The zero-order valence-corrected chi connectivity index (χ0v) is 8.86. The normalized spacial score (nSPS) is 18.5. The fourth-order valence-electron chi connectivity index (χ4n) is 1.39. The highest BCUT2D eigenvalue weighted by Crippen LogP contribution is 2.21. The molecule has 1 heterocycles. The molecule has 0 aromatic carbocycles. The molecule has 0 bridgehead atoms. The highest BCUT2D eigenvalue weighted by Gasteiger charge is 2.14. The Morgan fingerprint density at radius 1 is 1.54 bits per heavy atom. The van der Waals surface area contributed by atoms with Crippen LogP contribution in [0.3, 0.4) is 0 Å². The van der Waals surface area contributed by atoms with E-state index in [1.54, 1.807) is 0 Å². The molecule has 3 nitrogen and oxygen atoms in total. The van der Waals surface area contributed by atoms with Crippen LogP contribution in [0.4, 0.5) is 0 Å². The highest BCUT2D eigenvalue weighted by molar-refractivity contribution is 7.99. The number of thioether (sulfide) groups is 1. The van der Waals surface area contributed by atoms with Crippen molar-refractivity contribution in [1.29, 1.82) is 0 Å². The maximum atomic E-state index is 11.0. The molecule has 0 aromatic heterocycles. The number of hydrogen-bond acceptors (Lipinski definition) is 3. The van der Waals surface area contributed by atoms with Crippen molar-refractivity contribution in [3.63, 3.8) is 0 Å². The molecule has 0 saturated carbocycles. The lowest BCUT2D eigenvalue weighted by Crippen LogP contribution is -2.33. The first kappa shape index (κ1) is 10.9. The summed E-state index contributed by atoms with van der Waals surface area (Å²) in [4.78, 5) is 11.0. The Labute approximate surface area is 83.6 Å². The number of amides is 1. The van der Waals surface area contributed by atoms with Crippen molar-refractivity contribution in [1.82, 2.24) is 5.32 Å². The van der Waals surface area contributed by atoms with Gasteiger partial charge in [0, 0.05) is 13.7 Å². The molecular weight excluding hydrogens is 186 g/mol. The Kier molecular flexibility index (Phi) is 5.23. The van der Waals surface area contributed by atoms with Gasteiger partial charge in [-0.3, -0.25) is 4.79 Å². The molecule has 0 atom stereocenters. The standard InChI is InChI=1S/C9H17NO2S/c1-12-7-9(11)10-6-8-2-4-13-5-3-8/h8H,2-7H2,1H3,(H,10,11). The summed E-state index contributed by atoms with van der Waals surface area (Å²) in [5.74, 6) is 3.16. The molecule has 1 N–H and O–H groups in total. The molecule has 0 spiro atoms. The zero-order valence-electron chi connectivity index (χ0n) is 8.04. The van der Waals surface area contributed by atoms with Gasteiger partial charge in [0.25, 0.3) is 0 Å². The number of carbonyl (C=O) groups is 1. The summed E-state index contributed by atoms with van der Waals surface area (Å²) < 4.78 is 4.73. The average molecular weight is 203 g/mol. The van der Waals surface area contributed by atoms with E-state index in [-0.39, 0.29) is 12.5 Å². The van der Waals surface area contributed by atoms with Gasteiger partial charge in [-0.25, -0.2) is 0 Å². The largest absolute Gasteiger partial charge is 0.375 e. The van der Waals surface area contributed by atoms with Gasteiger partial charge in [-0.2, -0.15) is 11.8 Å². The van der Waals surface area contributed by atoms with E-state index in [4.69, 9.17) is 4.74 Å². The first-order valence-corrected chi connectivity index (χ1v) is 5.81. The van der Waals surface area contributed by atoms with Gasteiger partial charge in [-0.05, 0) is 30.3 Å². The number of carbonyl (C=O) groups excluding carboxylic acids is 1. The third kappa shape index (κ3) is 4.52. The molecule has 1 amide bonds. The molecule has 1 aliphatic heterocycles. The predicted octanol–water partition coefficient (Wildman–Crippen LogP) is 0.892. The third-order valence-corrected chi connectivity index (χ3v) is 3.25. The van der Waals surface area contributed by atoms with Gasteiger partial charge in [0.2, 0.25) is 5.91 Å². The van der Waals surface area contributed by atoms with E-state index in [0.717, 1.165) is 6.54 Å². The quantitative estimate of drug-likeness (QED) is 0.737. The Morgan fingerprint density at radius 2 is 2.23 bits per heavy atom. The summed E-state index contributed by atoms with van der Waals surface area (Å²) in [6.45, 7) is 1.00. The maximum Gasteiger partial charge on any atom is 0.245 e. The lowest BCUT2D eigenvalue weighted by molar-refractivity contribution is -0.124. The van der Waals surface area contributed by atoms with Crippen molar-refractivity contribution in [2.24, 2.45) is 5.92 Å². The van der Waals surface area contributed by atoms with Gasteiger partial charge in [0.05, 0.1) is 0 Å². The van der Waals surface area contributed by atoms with Crippen LogP contribution < -0.4 is 5.32 Å². The van der Waals surface area contributed by atoms with Gasteiger partial charge in [0.15, 0.2) is 0 Å². The Bertz CT molecular complexity index is 158. The van der Waals surface area contributed by atoms with Crippen LogP contribution in [0.1, 0.15) is 12.8 Å². The summed E-state index contributed by atoms with van der Waals surface area (Å²) in [5.41, 5.74) is 0. The molecule has 0 aromatic rings. The minimum Gasteiger partial charge on any atom is -0.375 e. The highest BCUT2D eigenvalue weighted by atomic mass is 32.2. The first-order chi connectivity index (χ1) is 6.33. The fourth-order valence-corrected chi connectivity index (χ4v) is 2.59. The van der Waals surface area contributed by atoms with Crippen LogP contribution in [0, 0.1) is 5.92 Å². The van der Waals surface area contributed by atoms with Crippen LogP contribution in [0.25, 0.3) is 0 Å². The van der Waals surface area contributed by atoms with Crippen molar-refractivity contribution in [3.8, 4) is 0 Å². The van der Waals surface area contributed by atoms with Gasteiger partial charge >= 0.3 is 0 Å². The van der Waals surface area contributed by atoms with E-state index >= 15 is 0 Å². The third-order valence-electron chi connectivity index (χ3n) is 2.20. The van der Waals surface area contributed by atoms with Crippen molar-refractivity contribution in [3.05, 3.63) is 0 Å². The summed E-state index contributed by atoms with van der Waals surface area (Å²) in [6, 6.07) is 0.